The zero-order valence-electron chi connectivity index (χ0n) is 14.0. The highest BCUT2D eigenvalue weighted by Crippen LogP contribution is 2.19. The molecular formula is C20H17N5O. The Morgan fingerprint density at radius 1 is 1.04 bits per heavy atom. The van der Waals surface area contributed by atoms with Crippen molar-refractivity contribution in [1.29, 1.82) is 0 Å². The first-order valence-electron chi connectivity index (χ1n) is 8.33. The number of pyridine rings is 1. The van der Waals surface area contributed by atoms with Gasteiger partial charge in [0.25, 0.3) is 5.91 Å². The molecule has 128 valence electrons. The van der Waals surface area contributed by atoms with Crippen LogP contribution >= 0.6 is 0 Å². The Morgan fingerprint density at radius 2 is 1.85 bits per heavy atom. The molecule has 0 saturated carbocycles. The van der Waals surface area contributed by atoms with Gasteiger partial charge in [0, 0.05) is 11.6 Å². The van der Waals surface area contributed by atoms with Gasteiger partial charge in [-0.3, -0.25) is 14.5 Å². The first-order valence-corrected chi connectivity index (χ1v) is 8.33. The van der Waals surface area contributed by atoms with E-state index in [0.717, 1.165) is 16.5 Å². The van der Waals surface area contributed by atoms with Crippen LogP contribution in [0.15, 0.2) is 79.5 Å². The fourth-order valence-corrected chi connectivity index (χ4v) is 2.96. The minimum Gasteiger partial charge on any atom is -0.343 e. The van der Waals surface area contributed by atoms with Crippen LogP contribution in [0.1, 0.15) is 22.0 Å². The van der Waals surface area contributed by atoms with E-state index in [0.29, 0.717) is 12.1 Å². The Morgan fingerprint density at radius 3 is 2.65 bits per heavy atom. The lowest BCUT2D eigenvalue weighted by atomic mass is 10.0. The van der Waals surface area contributed by atoms with Crippen LogP contribution in [0.5, 0.6) is 0 Å². The zero-order valence-corrected chi connectivity index (χ0v) is 14.0. The Labute approximate surface area is 150 Å². The van der Waals surface area contributed by atoms with E-state index in [9.17, 15) is 4.79 Å². The number of fused-ring (bicyclic) bond motifs is 1. The maximum Gasteiger partial charge on any atom is 0.252 e. The maximum atomic E-state index is 13.0. The molecule has 0 spiro atoms. The van der Waals surface area contributed by atoms with E-state index in [4.69, 9.17) is 0 Å². The molecule has 4 rings (SSSR count). The number of para-hydroxylation sites is 1. The molecule has 0 bridgehead atoms. The maximum absolute atomic E-state index is 13.0. The van der Waals surface area contributed by atoms with Crippen molar-refractivity contribution < 1.29 is 4.79 Å². The van der Waals surface area contributed by atoms with Crippen molar-refractivity contribution in [3.05, 3.63) is 90.6 Å². The third-order valence-electron chi connectivity index (χ3n) is 4.24. The second kappa shape index (κ2) is 7.14. The van der Waals surface area contributed by atoms with Crippen molar-refractivity contribution in [2.45, 2.75) is 12.6 Å². The number of benzene rings is 2. The van der Waals surface area contributed by atoms with Gasteiger partial charge in [-0.2, -0.15) is 5.10 Å². The Hall–Kier alpha value is -3.54. The lowest BCUT2D eigenvalue weighted by molar-refractivity contribution is 0.0933. The number of hydrogen-bond acceptors (Lipinski definition) is 4. The average Bonchev–Trinajstić information content (AvgIpc) is 3.21. The van der Waals surface area contributed by atoms with Crippen LogP contribution in [0.3, 0.4) is 0 Å². The zero-order chi connectivity index (χ0) is 17.8. The highest BCUT2D eigenvalue weighted by atomic mass is 16.1. The van der Waals surface area contributed by atoms with Gasteiger partial charge in [-0.05, 0) is 17.7 Å². The summed E-state index contributed by atoms with van der Waals surface area (Å²) < 4.78 is 1.71. The van der Waals surface area contributed by atoms with Crippen molar-refractivity contribution in [3.8, 4) is 0 Å². The van der Waals surface area contributed by atoms with Gasteiger partial charge in [-0.25, -0.2) is 4.98 Å². The smallest absolute Gasteiger partial charge is 0.252 e. The van der Waals surface area contributed by atoms with Crippen LogP contribution in [0, 0.1) is 0 Å². The summed E-state index contributed by atoms with van der Waals surface area (Å²) in [6.07, 6.45) is 4.79. The van der Waals surface area contributed by atoms with Gasteiger partial charge >= 0.3 is 0 Å². The molecule has 1 N–H and O–H groups in total. The van der Waals surface area contributed by atoms with Crippen LogP contribution in [-0.2, 0) is 6.54 Å². The van der Waals surface area contributed by atoms with Crippen molar-refractivity contribution in [1.82, 2.24) is 25.1 Å². The molecule has 2 aromatic heterocycles. The lowest BCUT2D eigenvalue weighted by Gasteiger charge is -2.19. The van der Waals surface area contributed by atoms with Crippen LogP contribution in [-0.4, -0.2) is 25.7 Å². The summed E-state index contributed by atoms with van der Waals surface area (Å²) >= 11 is 0. The summed E-state index contributed by atoms with van der Waals surface area (Å²) in [5.74, 6) is -0.141. The molecule has 0 fully saturated rings. The van der Waals surface area contributed by atoms with Gasteiger partial charge in [0.1, 0.15) is 12.7 Å². The van der Waals surface area contributed by atoms with E-state index in [-0.39, 0.29) is 11.9 Å². The summed E-state index contributed by atoms with van der Waals surface area (Å²) in [4.78, 5) is 21.3. The molecule has 1 atom stereocenters. The summed E-state index contributed by atoms with van der Waals surface area (Å²) in [6.45, 7) is 0.499. The largest absolute Gasteiger partial charge is 0.343 e. The third kappa shape index (κ3) is 3.30. The predicted octanol–water partition coefficient (Wildman–Crippen LogP) is 3.00. The molecule has 0 aliphatic heterocycles. The minimum atomic E-state index is -0.225. The van der Waals surface area contributed by atoms with Crippen molar-refractivity contribution in [3.63, 3.8) is 0 Å². The molecule has 0 unspecified atom stereocenters. The number of rotatable bonds is 5. The molecule has 1 amide bonds. The molecule has 26 heavy (non-hydrogen) atoms. The molecule has 0 aliphatic carbocycles. The summed E-state index contributed by atoms with van der Waals surface area (Å²) in [7, 11) is 0. The van der Waals surface area contributed by atoms with E-state index in [1.807, 2.05) is 54.6 Å². The number of hydrogen-bond donors (Lipinski definition) is 1. The Bertz CT molecular complexity index is 1010. The molecule has 0 radical (unpaired) electrons. The molecule has 2 aromatic carbocycles. The standard InChI is InChI=1S/C20H17N5O/c26-20(17-10-11-22-18-9-5-4-8-16(17)18)24-19(12-25-14-21-13-23-25)15-6-2-1-3-7-15/h1-11,13-14,19H,12H2,(H,24,26)/t19-/m0/s1. The Kier molecular flexibility index (Phi) is 4.38. The lowest BCUT2D eigenvalue weighted by Crippen LogP contribution is -2.31. The normalized spacial score (nSPS) is 12.0. The molecule has 6 nitrogen and oxygen atoms in total. The number of nitrogens with zero attached hydrogens (tertiary/aromatic N) is 4. The quantitative estimate of drug-likeness (QED) is 0.605. The van der Waals surface area contributed by atoms with Gasteiger partial charge in [-0.1, -0.05) is 48.5 Å². The molecule has 0 saturated heterocycles. The molecule has 4 aromatic rings. The number of amides is 1. The van der Waals surface area contributed by atoms with E-state index in [1.165, 1.54) is 6.33 Å². The summed E-state index contributed by atoms with van der Waals surface area (Å²) in [5, 5.41) is 8.11. The molecule has 6 heteroatoms. The van der Waals surface area contributed by atoms with E-state index in [1.54, 1.807) is 23.3 Å². The number of nitrogens with one attached hydrogen (secondary N) is 1. The molecular weight excluding hydrogens is 326 g/mol. The average molecular weight is 343 g/mol. The SMILES string of the molecule is O=C(N[C@@H](Cn1cncn1)c1ccccc1)c1ccnc2ccccc12. The van der Waals surface area contributed by atoms with E-state index >= 15 is 0 Å². The van der Waals surface area contributed by atoms with Crippen molar-refractivity contribution in [2.75, 3.05) is 0 Å². The van der Waals surface area contributed by atoms with E-state index in [2.05, 4.69) is 20.4 Å². The second-order valence-corrected chi connectivity index (χ2v) is 5.93. The third-order valence-corrected chi connectivity index (χ3v) is 4.24. The van der Waals surface area contributed by atoms with Crippen LogP contribution in [0.25, 0.3) is 10.9 Å². The van der Waals surface area contributed by atoms with Crippen LogP contribution in [0.2, 0.25) is 0 Å². The molecule has 0 aliphatic rings. The minimum absolute atomic E-state index is 0.141. The number of carbonyl (C=O) groups is 1. The van der Waals surface area contributed by atoms with Gasteiger partial charge in [-0.15, -0.1) is 0 Å². The van der Waals surface area contributed by atoms with Crippen molar-refractivity contribution in [2.24, 2.45) is 0 Å². The highest BCUT2D eigenvalue weighted by Gasteiger charge is 2.18. The fraction of sp³-hybridized carbons (Fsp3) is 0.100. The first-order chi connectivity index (χ1) is 12.8. The van der Waals surface area contributed by atoms with E-state index < -0.39 is 0 Å². The topological polar surface area (TPSA) is 72.7 Å². The van der Waals surface area contributed by atoms with Gasteiger partial charge in [0.15, 0.2) is 0 Å². The van der Waals surface area contributed by atoms with Crippen molar-refractivity contribution >= 4 is 16.8 Å². The Balaban J connectivity index is 1.65. The fourth-order valence-electron chi connectivity index (χ4n) is 2.96. The molecule has 2 heterocycles. The van der Waals surface area contributed by atoms with Crippen LogP contribution < -0.4 is 5.32 Å². The van der Waals surface area contributed by atoms with Gasteiger partial charge < -0.3 is 5.32 Å². The summed E-state index contributed by atoms with van der Waals surface area (Å²) in [6, 6.07) is 19.0. The second-order valence-electron chi connectivity index (χ2n) is 5.93. The highest BCUT2D eigenvalue weighted by molar-refractivity contribution is 6.06. The first kappa shape index (κ1) is 16.0. The number of carbonyl (C=O) groups excluding carboxylic acids is 1. The summed E-state index contributed by atoms with van der Waals surface area (Å²) in [5.41, 5.74) is 2.41. The number of aromatic nitrogens is 4. The van der Waals surface area contributed by atoms with Gasteiger partial charge in [0.05, 0.1) is 23.7 Å². The monoisotopic (exact) mass is 343 g/mol. The predicted molar refractivity (Wildman–Crippen MR) is 98.4 cm³/mol. The van der Waals surface area contributed by atoms with Crippen LogP contribution in [0.4, 0.5) is 0 Å². The van der Waals surface area contributed by atoms with Gasteiger partial charge in [0.2, 0.25) is 0 Å².